The fraction of sp³-hybridized carbons (Fsp3) is 0.235. The van der Waals surface area contributed by atoms with E-state index in [1.165, 1.54) is 11.1 Å². The molecule has 0 saturated carbocycles. The van der Waals surface area contributed by atoms with Gasteiger partial charge in [-0.2, -0.15) is 0 Å². The SMILES string of the molecule is N=C1CCc2cc(OCc3cccc(Cl)c3)ccc2C1. The first-order valence-electron chi connectivity index (χ1n) is 6.76. The van der Waals surface area contributed by atoms with Crippen molar-refractivity contribution in [2.24, 2.45) is 0 Å². The molecule has 2 aromatic rings. The summed E-state index contributed by atoms with van der Waals surface area (Å²) in [5.74, 6) is 0.886. The molecule has 0 amide bonds. The molecule has 0 fully saturated rings. The summed E-state index contributed by atoms with van der Waals surface area (Å²) in [7, 11) is 0. The number of nitrogens with one attached hydrogen (secondary N) is 1. The summed E-state index contributed by atoms with van der Waals surface area (Å²) in [4.78, 5) is 0. The highest BCUT2D eigenvalue weighted by Gasteiger charge is 2.13. The topological polar surface area (TPSA) is 33.1 Å². The minimum absolute atomic E-state index is 0.523. The first-order valence-corrected chi connectivity index (χ1v) is 7.14. The zero-order chi connectivity index (χ0) is 13.9. The average Bonchev–Trinajstić information content (AvgIpc) is 2.45. The number of halogens is 1. The van der Waals surface area contributed by atoms with Crippen LogP contribution in [-0.4, -0.2) is 5.71 Å². The second kappa shape index (κ2) is 5.68. The number of fused-ring (bicyclic) bond motifs is 1. The Kier molecular flexibility index (Phi) is 3.75. The zero-order valence-corrected chi connectivity index (χ0v) is 11.9. The van der Waals surface area contributed by atoms with Crippen LogP contribution in [0.2, 0.25) is 5.02 Å². The van der Waals surface area contributed by atoms with Gasteiger partial charge in [-0.25, -0.2) is 0 Å². The van der Waals surface area contributed by atoms with Crippen LogP contribution in [0.25, 0.3) is 0 Å². The number of hydrogen-bond donors (Lipinski definition) is 1. The van der Waals surface area contributed by atoms with Crippen molar-refractivity contribution in [2.45, 2.75) is 25.9 Å². The summed E-state index contributed by atoms with van der Waals surface area (Å²) in [6, 6.07) is 13.9. The predicted molar refractivity (Wildman–Crippen MR) is 82.0 cm³/mol. The Balaban J connectivity index is 1.71. The number of aryl methyl sites for hydroxylation is 1. The van der Waals surface area contributed by atoms with E-state index >= 15 is 0 Å². The van der Waals surface area contributed by atoms with Crippen LogP contribution in [0.3, 0.4) is 0 Å². The lowest BCUT2D eigenvalue weighted by atomic mass is 9.90. The smallest absolute Gasteiger partial charge is 0.120 e. The van der Waals surface area contributed by atoms with Gasteiger partial charge in [-0.05, 0) is 53.8 Å². The Morgan fingerprint density at radius 2 is 1.95 bits per heavy atom. The summed E-state index contributed by atoms with van der Waals surface area (Å²) in [6.07, 6.45) is 2.59. The molecule has 1 N–H and O–H groups in total. The number of hydrogen-bond acceptors (Lipinski definition) is 2. The molecule has 102 valence electrons. The maximum absolute atomic E-state index is 7.74. The van der Waals surface area contributed by atoms with Gasteiger partial charge in [-0.3, -0.25) is 0 Å². The molecule has 3 rings (SSSR count). The molecule has 0 unspecified atom stereocenters. The van der Waals surface area contributed by atoms with Gasteiger partial charge in [0.05, 0.1) is 0 Å². The normalized spacial score (nSPS) is 13.9. The molecule has 0 aromatic heterocycles. The van der Waals surface area contributed by atoms with Crippen molar-refractivity contribution < 1.29 is 4.74 Å². The van der Waals surface area contributed by atoms with E-state index in [4.69, 9.17) is 21.7 Å². The molecule has 0 radical (unpaired) electrons. The van der Waals surface area contributed by atoms with Gasteiger partial charge in [-0.15, -0.1) is 0 Å². The van der Waals surface area contributed by atoms with Crippen molar-refractivity contribution in [3.05, 3.63) is 64.2 Å². The van der Waals surface area contributed by atoms with E-state index < -0.39 is 0 Å². The second-order valence-corrected chi connectivity index (χ2v) is 5.57. The van der Waals surface area contributed by atoms with E-state index in [9.17, 15) is 0 Å². The third-order valence-corrected chi connectivity index (χ3v) is 3.81. The van der Waals surface area contributed by atoms with E-state index in [1.807, 2.05) is 30.3 Å². The summed E-state index contributed by atoms with van der Waals surface area (Å²) in [5.41, 5.74) is 4.46. The molecule has 20 heavy (non-hydrogen) atoms. The quantitative estimate of drug-likeness (QED) is 0.889. The Morgan fingerprint density at radius 1 is 1.05 bits per heavy atom. The second-order valence-electron chi connectivity index (χ2n) is 5.13. The van der Waals surface area contributed by atoms with Gasteiger partial charge in [-0.1, -0.05) is 29.8 Å². The van der Waals surface area contributed by atoms with Crippen LogP contribution in [0.15, 0.2) is 42.5 Å². The Labute approximate surface area is 123 Å². The molecule has 0 atom stereocenters. The first kappa shape index (κ1) is 13.2. The molecule has 0 heterocycles. The van der Waals surface area contributed by atoms with Gasteiger partial charge in [0.1, 0.15) is 12.4 Å². The summed E-state index contributed by atoms with van der Waals surface area (Å²) in [6.45, 7) is 0.523. The highest BCUT2D eigenvalue weighted by atomic mass is 35.5. The van der Waals surface area contributed by atoms with Crippen molar-refractivity contribution in [2.75, 3.05) is 0 Å². The van der Waals surface area contributed by atoms with Gasteiger partial charge in [0, 0.05) is 17.2 Å². The van der Waals surface area contributed by atoms with Crippen LogP contribution in [0.5, 0.6) is 5.75 Å². The number of ether oxygens (including phenoxy) is 1. The van der Waals surface area contributed by atoms with Crippen molar-refractivity contribution in [1.29, 1.82) is 5.41 Å². The molecule has 3 heteroatoms. The van der Waals surface area contributed by atoms with E-state index in [0.29, 0.717) is 6.61 Å². The van der Waals surface area contributed by atoms with E-state index in [-0.39, 0.29) is 0 Å². The Bertz CT molecular complexity index is 651. The molecule has 1 aliphatic rings. The lowest BCUT2D eigenvalue weighted by Crippen LogP contribution is -2.12. The highest BCUT2D eigenvalue weighted by Crippen LogP contribution is 2.25. The number of rotatable bonds is 3. The van der Waals surface area contributed by atoms with E-state index in [2.05, 4.69) is 12.1 Å². The molecule has 0 bridgehead atoms. The van der Waals surface area contributed by atoms with Crippen molar-refractivity contribution >= 4 is 17.3 Å². The Hall–Kier alpha value is -1.80. The van der Waals surface area contributed by atoms with Crippen LogP contribution < -0.4 is 4.74 Å². The summed E-state index contributed by atoms with van der Waals surface area (Å²) in [5, 5.41) is 8.47. The zero-order valence-electron chi connectivity index (χ0n) is 11.2. The van der Waals surface area contributed by atoms with Crippen LogP contribution in [0.1, 0.15) is 23.1 Å². The largest absolute Gasteiger partial charge is 0.489 e. The lowest BCUT2D eigenvalue weighted by Gasteiger charge is -2.17. The third kappa shape index (κ3) is 3.02. The fourth-order valence-electron chi connectivity index (χ4n) is 2.49. The maximum atomic E-state index is 7.74. The standard InChI is InChI=1S/C17H16ClNO/c18-15-3-1-2-12(8-15)11-20-17-7-5-13-9-16(19)6-4-14(13)10-17/h1-3,5,7-8,10,19H,4,6,9,11H2. The van der Waals surface area contributed by atoms with Gasteiger partial charge < -0.3 is 10.1 Å². The summed E-state index contributed by atoms with van der Waals surface area (Å²) < 4.78 is 5.83. The minimum Gasteiger partial charge on any atom is -0.489 e. The molecule has 1 aliphatic carbocycles. The molecular formula is C17H16ClNO. The molecule has 0 saturated heterocycles. The van der Waals surface area contributed by atoms with Gasteiger partial charge in [0.15, 0.2) is 0 Å². The first-order chi connectivity index (χ1) is 9.70. The molecule has 2 aromatic carbocycles. The van der Waals surface area contributed by atoms with Gasteiger partial charge in [0.25, 0.3) is 0 Å². The van der Waals surface area contributed by atoms with Crippen LogP contribution in [0, 0.1) is 5.41 Å². The van der Waals surface area contributed by atoms with Gasteiger partial charge >= 0.3 is 0 Å². The Morgan fingerprint density at radius 3 is 2.80 bits per heavy atom. The van der Waals surface area contributed by atoms with Crippen molar-refractivity contribution in [1.82, 2.24) is 0 Å². The van der Waals surface area contributed by atoms with Crippen molar-refractivity contribution in [3.63, 3.8) is 0 Å². The van der Waals surface area contributed by atoms with Crippen LogP contribution in [-0.2, 0) is 19.4 Å². The van der Waals surface area contributed by atoms with Crippen molar-refractivity contribution in [3.8, 4) is 5.75 Å². The monoisotopic (exact) mass is 285 g/mol. The predicted octanol–water partition coefficient (Wildman–Crippen LogP) is 4.43. The minimum atomic E-state index is 0.523. The van der Waals surface area contributed by atoms with Gasteiger partial charge in [0.2, 0.25) is 0 Å². The molecule has 0 spiro atoms. The number of benzene rings is 2. The lowest BCUT2D eigenvalue weighted by molar-refractivity contribution is 0.306. The maximum Gasteiger partial charge on any atom is 0.120 e. The van der Waals surface area contributed by atoms with Crippen LogP contribution in [0.4, 0.5) is 0 Å². The molecule has 2 nitrogen and oxygen atoms in total. The van der Waals surface area contributed by atoms with E-state index in [1.54, 1.807) is 0 Å². The third-order valence-electron chi connectivity index (χ3n) is 3.57. The van der Waals surface area contributed by atoms with Crippen LogP contribution >= 0.6 is 11.6 Å². The molecular weight excluding hydrogens is 270 g/mol. The summed E-state index contributed by atoms with van der Waals surface area (Å²) >= 11 is 5.96. The average molecular weight is 286 g/mol. The molecule has 0 aliphatic heterocycles. The highest BCUT2D eigenvalue weighted by molar-refractivity contribution is 6.30. The van der Waals surface area contributed by atoms with E-state index in [0.717, 1.165) is 41.3 Å². The fourth-order valence-corrected chi connectivity index (χ4v) is 2.71.